The highest BCUT2D eigenvalue weighted by Gasteiger charge is 2.19. The van der Waals surface area contributed by atoms with E-state index in [4.69, 9.17) is 0 Å². The quantitative estimate of drug-likeness (QED) is 0.550. The van der Waals surface area contributed by atoms with Gasteiger partial charge in [-0.05, 0) is 49.6 Å². The van der Waals surface area contributed by atoms with E-state index in [9.17, 15) is 4.79 Å². The Bertz CT molecular complexity index is 1090. The maximum absolute atomic E-state index is 12.5. The number of fused-ring (bicyclic) bond motifs is 3. The third-order valence-corrected chi connectivity index (χ3v) is 5.26. The van der Waals surface area contributed by atoms with E-state index in [1.807, 2.05) is 72.8 Å². The summed E-state index contributed by atoms with van der Waals surface area (Å²) in [6.45, 7) is 3.89. The molecule has 0 aliphatic rings. The topological polar surface area (TPSA) is 59.3 Å². The minimum Gasteiger partial charge on any atom is -0.325 e. The molecule has 1 atom stereocenters. The second-order valence-electron chi connectivity index (χ2n) is 6.18. The van der Waals surface area contributed by atoms with Crippen LogP contribution >= 0.6 is 11.8 Å². The Labute approximate surface area is 155 Å². The molecule has 2 heterocycles. The lowest BCUT2D eigenvalue weighted by Crippen LogP contribution is -2.22. The summed E-state index contributed by atoms with van der Waals surface area (Å²) < 4.78 is 2.00. The molecule has 0 saturated carbocycles. The molecule has 2 aromatic carbocycles. The lowest BCUT2D eigenvalue weighted by Gasteiger charge is -2.12. The molecule has 2 aromatic heterocycles. The molecule has 130 valence electrons. The summed E-state index contributed by atoms with van der Waals surface area (Å²) in [5.41, 5.74) is 3.76. The van der Waals surface area contributed by atoms with Crippen LogP contribution < -0.4 is 5.32 Å². The van der Waals surface area contributed by atoms with E-state index in [-0.39, 0.29) is 11.2 Å². The van der Waals surface area contributed by atoms with E-state index < -0.39 is 0 Å². The Hall–Kier alpha value is -2.86. The number of benzene rings is 2. The number of thioether (sulfide) groups is 1. The molecule has 0 aliphatic carbocycles. The average molecular weight is 362 g/mol. The van der Waals surface area contributed by atoms with Crippen LogP contribution in [0.4, 0.5) is 5.69 Å². The predicted molar refractivity (Wildman–Crippen MR) is 106 cm³/mol. The van der Waals surface area contributed by atoms with E-state index in [1.54, 1.807) is 0 Å². The zero-order valence-electron chi connectivity index (χ0n) is 14.5. The number of pyridine rings is 1. The Kier molecular flexibility index (Phi) is 4.34. The Morgan fingerprint density at radius 1 is 1.04 bits per heavy atom. The summed E-state index contributed by atoms with van der Waals surface area (Å²) in [5.74, 6) is -0.0594. The monoisotopic (exact) mass is 362 g/mol. The van der Waals surface area contributed by atoms with Gasteiger partial charge in [-0.1, -0.05) is 47.7 Å². The second-order valence-corrected chi connectivity index (χ2v) is 7.49. The number of hydrogen-bond donors (Lipinski definition) is 1. The SMILES string of the molecule is Cc1ccc(NC(=O)C(C)Sc2nnc3ccc4ccccc4n23)cc1. The molecule has 1 N–H and O–H groups in total. The first-order valence-electron chi connectivity index (χ1n) is 8.39. The van der Waals surface area contributed by atoms with Crippen LogP contribution in [0, 0.1) is 6.92 Å². The Morgan fingerprint density at radius 3 is 2.62 bits per heavy atom. The first-order chi connectivity index (χ1) is 12.6. The molecule has 0 aliphatic heterocycles. The second kappa shape index (κ2) is 6.80. The van der Waals surface area contributed by atoms with Gasteiger partial charge in [0, 0.05) is 5.69 Å². The van der Waals surface area contributed by atoms with Crippen LogP contribution in [-0.4, -0.2) is 25.8 Å². The van der Waals surface area contributed by atoms with Gasteiger partial charge in [-0.25, -0.2) is 0 Å². The molecule has 4 rings (SSSR count). The van der Waals surface area contributed by atoms with Crippen LogP contribution in [0.2, 0.25) is 0 Å². The number of carbonyl (C=O) groups excluding carboxylic acids is 1. The summed E-state index contributed by atoms with van der Waals surface area (Å²) >= 11 is 1.40. The van der Waals surface area contributed by atoms with Gasteiger partial charge in [-0.3, -0.25) is 9.20 Å². The molecule has 26 heavy (non-hydrogen) atoms. The normalized spacial score (nSPS) is 12.4. The van der Waals surface area contributed by atoms with Crippen molar-refractivity contribution in [3.8, 4) is 0 Å². The molecule has 0 saturated heterocycles. The van der Waals surface area contributed by atoms with Gasteiger partial charge in [0.05, 0.1) is 10.8 Å². The highest BCUT2D eigenvalue weighted by Crippen LogP contribution is 2.26. The third kappa shape index (κ3) is 3.15. The van der Waals surface area contributed by atoms with Gasteiger partial charge >= 0.3 is 0 Å². The van der Waals surface area contributed by atoms with Gasteiger partial charge < -0.3 is 5.32 Å². The van der Waals surface area contributed by atoms with Crippen molar-refractivity contribution in [1.82, 2.24) is 14.6 Å². The summed E-state index contributed by atoms with van der Waals surface area (Å²) in [5, 5.41) is 13.0. The number of amides is 1. The zero-order valence-corrected chi connectivity index (χ0v) is 15.3. The van der Waals surface area contributed by atoms with Gasteiger partial charge in [0.15, 0.2) is 10.8 Å². The molecule has 0 radical (unpaired) electrons. The molecule has 5 nitrogen and oxygen atoms in total. The van der Waals surface area contributed by atoms with Crippen molar-refractivity contribution in [3.63, 3.8) is 0 Å². The fourth-order valence-electron chi connectivity index (χ4n) is 2.78. The van der Waals surface area contributed by atoms with Crippen LogP contribution in [0.1, 0.15) is 12.5 Å². The number of rotatable bonds is 4. The van der Waals surface area contributed by atoms with E-state index in [2.05, 4.69) is 21.6 Å². The summed E-state index contributed by atoms with van der Waals surface area (Å²) in [6.07, 6.45) is 0. The van der Waals surface area contributed by atoms with E-state index >= 15 is 0 Å². The fourth-order valence-corrected chi connectivity index (χ4v) is 3.65. The van der Waals surface area contributed by atoms with Gasteiger partial charge in [0.25, 0.3) is 0 Å². The van der Waals surface area contributed by atoms with Gasteiger partial charge in [-0.15, -0.1) is 10.2 Å². The van der Waals surface area contributed by atoms with Crippen molar-refractivity contribution in [2.24, 2.45) is 0 Å². The number of para-hydroxylation sites is 1. The van der Waals surface area contributed by atoms with Gasteiger partial charge in [0.2, 0.25) is 5.91 Å². The van der Waals surface area contributed by atoms with Crippen molar-refractivity contribution in [2.75, 3.05) is 5.32 Å². The highest BCUT2D eigenvalue weighted by atomic mass is 32.2. The predicted octanol–water partition coefficient (Wildman–Crippen LogP) is 4.31. The van der Waals surface area contributed by atoms with Crippen LogP contribution in [0.25, 0.3) is 16.6 Å². The zero-order chi connectivity index (χ0) is 18.1. The summed E-state index contributed by atoms with van der Waals surface area (Å²) in [7, 11) is 0. The lowest BCUT2D eigenvalue weighted by atomic mass is 10.2. The van der Waals surface area contributed by atoms with Gasteiger partial charge in [-0.2, -0.15) is 0 Å². The number of aromatic nitrogens is 3. The fraction of sp³-hybridized carbons (Fsp3) is 0.150. The Balaban J connectivity index is 1.59. The van der Waals surface area contributed by atoms with Crippen LogP contribution in [0.5, 0.6) is 0 Å². The number of hydrogen-bond acceptors (Lipinski definition) is 4. The van der Waals surface area contributed by atoms with E-state index in [0.717, 1.165) is 27.8 Å². The number of anilines is 1. The minimum atomic E-state index is -0.303. The summed E-state index contributed by atoms with van der Waals surface area (Å²) in [6, 6.07) is 19.8. The average Bonchev–Trinajstić information content (AvgIpc) is 3.07. The van der Waals surface area contributed by atoms with Crippen LogP contribution in [0.15, 0.2) is 65.8 Å². The van der Waals surface area contributed by atoms with Crippen molar-refractivity contribution in [3.05, 3.63) is 66.2 Å². The molecular formula is C20H18N4OS. The largest absolute Gasteiger partial charge is 0.325 e. The van der Waals surface area contributed by atoms with Crippen LogP contribution in [-0.2, 0) is 4.79 Å². The molecule has 0 fully saturated rings. The number of carbonyl (C=O) groups is 1. The highest BCUT2D eigenvalue weighted by molar-refractivity contribution is 8.00. The maximum Gasteiger partial charge on any atom is 0.237 e. The number of aryl methyl sites for hydroxylation is 1. The van der Waals surface area contributed by atoms with Crippen molar-refractivity contribution in [1.29, 1.82) is 0 Å². The maximum atomic E-state index is 12.5. The molecule has 4 aromatic rings. The molecule has 1 unspecified atom stereocenters. The Morgan fingerprint density at radius 2 is 1.81 bits per heavy atom. The first-order valence-corrected chi connectivity index (χ1v) is 9.27. The number of nitrogens with one attached hydrogen (secondary N) is 1. The summed E-state index contributed by atoms with van der Waals surface area (Å²) in [4.78, 5) is 12.5. The van der Waals surface area contributed by atoms with Crippen molar-refractivity contribution in [2.45, 2.75) is 24.3 Å². The van der Waals surface area contributed by atoms with Crippen molar-refractivity contribution < 1.29 is 4.79 Å². The molecular weight excluding hydrogens is 344 g/mol. The molecule has 1 amide bonds. The van der Waals surface area contributed by atoms with Crippen LogP contribution in [0.3, 0.4) is 0 Å². The minimum absolute atomic E-state index is 0.0594. The van der Waals surface area contributed by atoms with Crippen molar-refractivity contribution >= 4 is 39.9 Å². The first kappa shape index (κ1) is 16.6. The van der Waals surface area contributed by atoms with Gasteiger partial charge in [0.1, 0.15) is 0 Å². The van der Waals surface area contributed by atoms with E-state index in [1.165, 1.54) is 11.8 Å². The standard InChI is InChI=1S/C20H18N4OS/c1-13-7-10-16(11-8-13)21-19(25)14(2)26-20-23-22-18-12-9-15-5-3-4-6-17(15)24(18)20/h3-12,14H,1-2H3,(H,21,25). The lowest BCUT2D eigenvalue weighted by molar-refractivity contribution is -0.115. The number of nitrogens with zero attached hydrogens (tertiary/aromatic N) is 3. The molecule has 6 heteroatoms. The molecule has 0 bridgehead atoms. The third-order valence-electron chi connectivity index (χ3n) is 4.22. The smallest absolute Gasteiger partial charge is 0.237 e. The molecule has 0 spiro atoms. The van der Waals surface area contributed by atoms with E-state index in [0.29, 0.717) is 5.16 Å².